The van der Waals surface area contributed by atoms with Crippen LogP contribution in [0.4, 0.5) is 0 Å². The van der Waals surface area contributed by atoms with E-state index < -0.39 is 0 Å². The van der Waals surface area contributed by atoms with E-state index in [0.717, 1.165) is 9.34 Å². The minimum absolute atomic E-state index is 0.803. The van der Waals surface area contributed by atoms with Crippen LogP contribution in [0.2, 0.25) is 0 Å². The summed E-state index contributed by atoms with van der Waals surface area (Å²) in [6.07, 6.45) is 5.86. The lowest BCUT2D eigenvalue weighted by atomic mass is 9.63. The molecule has 2 aliphatic rings. The van der Waals surface area contributed by atoms with Crippen LogP contribution < -0.4 is 5.32 Å². The first-order valence-electron chi connectivity index (χ1n) is 4.16. The van der Waals surface area contributed by atoms with E-state index in [0.29, 0.717) is 0 Å². The number of rotatable bonds is 0. The van der Waals surface area contributed by atoms with Crippen molar-refractivity contribution in [1.82, 2.24) is 5.32 Å². The first-order chi connectivity index (χ1) is 4.81. The molecule has 0 radical (unpaired) electrons. The Morgan fingerprint density at radius 1 is 1.20 bits per heavy atom. The van der Waals surface area contributed by atoms with Crippen molar-refractivity contribution in [2.75, 3.05) is 13.1 Å². The Balaban J connectivity index is 1.90. The minimum Gasteiger partial charge on any atom is -0.317 e. The molecule has 0 amide bonds. The molecule has 0 unspecified atom stereocenters. The fourth-order valence-electron chi connectivity index (χ4n) is 2.25. The molecule has 1 heterocycles. The number of nitrogens with one attached hydrogen (secondary N) is 1. The van der Waals surface area contributed by atoms with Crippen LogP contribution in [0.15, 0.2) is 0 Å². The van der Waals surface area contributed by atoms with Gasteiger partial charge in [-0.2, -0.15) is 0 Å². The molecule has 1 aliphatic heterocycles. The molecule has 0 aromatic carbocycles. The van der Waals surface area contributed by atoms with Crippen LogP contribution in [0.5, 0.6) is 0 Å². The lowest BCUT2D eigenvalue weighted by Crippen LogP contribution is -2.45. The van der Waals surface area contributed by atoms with Gasteiger partial charge in [0.2, 0.25) is 0 Å². The summed E-state index contributed by atoms with van der Waals surface area (Å²) in [4.78, 5) is 0. The van der Waals surface area contributed by atoms with Crippen molar-refractivity contribution in [2.45, 2.75) is 29.6 Å². The normalized spacial score (nSPS) is 32.1. The van der Waals surface area contributed by atoms with E-state index in [-0.39, 0.29) is 0 Å². The molecule has 0 atom stereocenters. The van der Waals surface area contributed by atoms with Crippen LogP contribution in [0, 0.1) is 5.41 Å². The largest absolute Gasteiger partial charge is 0.317 e. The monoisotopic (exact) mass is 251 g/mol. The van der Waals surface area contributed by atoms with Crippen molar-refractivity contribution in [2.24, 2.45) is 5.41 Å². The summed E-state index contributed by atoms with van der Waals surface area (Å²) < 4.78 is 0.996. The highest BCUT2D eigenvalue weighted by Gasteiger charge is 2.42. The van der Waals surface area contributed by atoms with E-state index in [1.807, 2.05) is 0 Å². The molecule has 0 bridgehead atoms. The van der Waals surface area contributed by atoms with E-state index >= 15 is 0 Å². The second-order valence-electron chi connectivity index (χ2n) is 3.76. The maximum Gasteiger partial charge on any atom is 0.0120 e. The van der Waals surface area contributed by atoms with Gasteiger partial charge in [-0.05, 0) is 44.2 Å². The van der Waals surface area contributed by atoms with Crippen molar-refractivity contribution in [3.05, 3.63) is 0 Å². The summed E-state index contributed by atoms with van der Waals surface area (Å²) in [5.41, 5.74) is 0.803. The van der Waals surface area contributed by atoms with Gasteiger partial charge in [0.1, 0.15) is 0 Å². The highest BCUT2D eigenvalue weighted by atomic mass is 127. The average Bonchev–Trinajstić information content (AvgIpc) is 1.87. The van der Waals surface area contributed by atoms with E-state index in [1.54, 1.807) is 0 Å². The Hall–Kier alpha value is 0.690. The molecule has 1 nitrogen and oxygen atoms in total. The number of hydrogen-bond donors (Lipinski definition) is 1. The molecule has 1 saturated heterocycles. The second kappa shape index (κ2) is 2.63. The molecule has 0 aromatic heterocycles. The molecule has 58 valence electrons. The number of hydrogen-bond acceptors (Lipinski definition) is 1. The van der Waals surface area contributed by atoms with Crippen LogP contribution in [0.25, 0.3) is 0 Å². The lowest BCUT2D eigenvalue weighted by Gasteiger charge is -2.48. The standard InChI is InChI=1S/C8H14IN/c9-7-5-8(6-7)1-3-10-4-2-8/h7,10H,1-6H2. The van der Waals surface area contributed by atoms with Gasteiger partial charge in [-0.15, -0.1) is 0 Å². The third-order valence-electron chi connectivity index (χ3n) is 2.97. The summed E-state index contributed by atoms with van der Waals surface area (Å²) in [6.45, 7) is 2.53. The molecule has 1 aliphatic carbocycles. The zero-order valence-corrected chi connectivity index (χ0v) is 8.36. The fraction of sp³-hybridized carbons (Fsp3) is 1.00. The third kappa shape index (κ3) is 1.20. The summed E-state index contributed by atoms with van der Waals surface area (Å²) >= 11 is 2.59. The van der Waals surface area contributed by atoms with Gasteiger partial charge in [-0.25, -0.2) is 0 Å². The third-order valence-corrected chi connectivity index (χ3v) is 3.85. The van der Waals surface area contributed by atoms with Crippen LogP contribution in [-0.2, 0) is 0 Å². The molecular formula is C8H14IN. The van der Waals surface area contributed by atoms with Crippen molar-refractivity contribution in [1.29, 1.82) is 0 Å². The quantitative estimate of drug-likeness (QED) is 0.512. The Morgan fingerprint density at radius 2 is 1.80 bits per heavy atom. The summed E-state index contributed by atoms with van der Waals surface area (Å²) in [6, 6.07) is 0. The predicted molar refractivity (Wildman–Crippen MR) is 51.6 cm³/mol. The highest BCUT2D eigenvalue weighted by Crippen LogP contribution is 2.50. The molecule has 1 saturated carbocycles. The predicted octanol–water partition coefficient (Wildman–Crippen LogP) is 1.95. The van der Waals surface area contributed by atoms with Gasteiger partial charge < -0.3 is 5.32 Å². The minimum atomic E-state index is 0.803. The van der Waals surface area contributed by atoms with Crippen molar-refractivity contribution < 1.29 is 0 Å². The summed E-state index contributed by atoms with van der Waals surface area (Å²) in [5, 5.41) is 3.42. The van der Waals surface area contributed by atoms with Gasteiger partial charge in [0.15, 0.2) is 0 Å². The number of alkyl halides is 1. The molecule has 2 fully saturated rings. The van der Waals surface area contributed by atoms with Crippen LogP contribution in [-0.4, -0.2) is 17.0 Å². The Labute approximate surface area is 76.1 Å². The summed E-state index contributed by atoms with van der Waals surface area (Å²) in [7, 11) is 0. The van der Waals surface area contributed by atoms with Gasteiger partial charge in [-0.1, -0.05) is 22.6 Å². The van der Waals surface area contributed by atoms with Gasteiger partial charge in [0.05, 0.1) is 0 Å². The van der Waals surface area contributed by atoms with Crippen LogP contribution >= 0.6 is 22.6 Å². The van der Waals surface area contributed by atoms with Gasteiger partial charge in [-0.3, -0.25) is 0 Å². The van der Waals surface area contributed by atoms with Gasteiger partial charge in [0, 0.05) is 3.92 Å². The first-order valence-corrected chi connectivity index (χ1v) is 5.40. The van der Waals surface area contributed by atoms with E-state index in [9.17, 15) is 0 Å². The Bertz CT molecular complexity index is 114. The highest BCUT2D eigenvalue weighted by molar-refractivity contribution is 14.1. The zero-order valence-electron chi connectivity index (χ0n) is 6.20. The molecule has 1 N–H and O–H groups in total. The SMILES string of the molecule is IC1CC2(CCNCC2)C1. The smallest absolute Gasteiger partial charge is 0.0120 e. The van der Waals surface area contributed by atoms with Gasteiger partial charge >= 0.3 is 0 Å². The van der Waals surface area contributed by atoms with Gasteiger partial charge in [0.25, 0.3) is 0 Å². The maximum absolute atomic E-state index is 3.42. The lowest BCUT2D eigenvalue weighted by molar-refractivity contribution is 0.0998. The second-order valence-corrected chi connectivity index (χ2v) is 5.52. The van der Waals surface area contributed by atoms with E-state index in [4.69, 9.17) is 0 Å². The Kier molecular flexibility index (Phi) is 1.93. The molecule has 2 rings (SSSR count). The number of piperidine rings is 1. The fourth-order valence-corrected chi connectivity index (χ4v) is 4.11. The first kappa shape index (κ1) is 7.35. The molecule has 0 aromatic rings. The Morgan fingerprint density at radius 3 is 2.30 bits per heavy atom. The van der Waals surface area contributed by atoms with Crippen molar-refractivity contribution in [3.8, 4) is 0 Å². The van der Waals surface area contributed by atoms with E-state index in [2.05, 4.69) is 27.9 Å². The van der Waals surface area contributed by atoms with Crippen LogP contribution in [0.1, 0.15) is 25.7 Å². The zero-order chi connectivity index (χ0) is 7.03. The maximum atomic E-state index is 3.42. The molecule has 2 heteroatoms. The topological polar surface area (TPSA) is 12.0 Å². The molecule has 1 spiro atoms. The van der Waals surface area contributed by atoms with Crippen LogP contribution in [0.3, 0.4) is 0 Å². The van der Waals surface area contributed by atoms with Crippen molar-refractivity contribution >= 4 is 22.6 Å². The average molecular weight is 251 g/mol. The number of halogens is 1. The van der Waals surface area contributed by atoms with Crippen molar-refractivity contribution in [3.63, 3.8) is 0 Å². The molecular weight excluding hydrogens is 237 g/mol. The summed E-state index contributed by atoms with van der Waals surface area (Å²) in [5.74, 6) is 0. The van der Waals surface area contributed by atoms with E-state index in [1.165, 1.54) is 38.8 Å². The molecule has 10 heavy (non-hydrogen) atoms.